The number of carbonyl (C=O) groups excluding carboxylic acids is 1. The van der Waals surface area contributed by atoms with E-state index >= 15 is 0 Å². The van der Waals surface area contributed by atoms with E-state index in [9.17, 15) is 4.79 Å². The number of carbonyl (C=O) groups is 1. The van der Waals surface area contributed by atoms with Gasteiger partial charge in [-0.2, -0.15) is 0 Å². The second-order valence-corrected chi connectivity index (χ2v) is 10.2. The monoisotopic (exact) mass is 534 g/mol. The number of rotatable bonds is 5. The summed E-state index contributed by atoms with van der Waals surface area (Å²) >= 11 is 3.57. The van der Waals surface area contributed by atoms with Gasteiger partial charge in [0.05, 0.1) is 25.9 Å². The van der Waals surface area contributed by atoms with Crippen molar-refractivity contribution >= 4 is 38.3 Å². The Labute approximate surface area is 212 Å². The molecule has 2 bridgehead atoms. The number of hydrogen-bond acceptors (Lipinski definition) is 6. The molecule has 3 heterocycles. The van der Waals surface area contributed by atoms with Crippen LogP contribution >= 0.6 is 15.9 Å². The molecular formula is C27H27BrN4O3. The van der Waals surface area contributed by atoms with Gasteiger partial charge in [-0.15, -0.1) is 0 Å². The SMILES string of the molecule is CNCC1=C2CC3(CN2)Oc2ccccc2N(Cc2c(OC)ccc4cc(Br)ccc24)C(=O)C3N1. The maximum atomic E-state index is 14.3. The fraction of sp³-hybridized carbons (Fsp3) is 0.296. The van der Waals surface area contributed by atoms with Crippen LogP contribution in [0.3, 0.4) is 0 Å². The topological polar surface area (TPSA) is 74.9 Å². The molecule has 3 aliphatic rings. The van der Waals surface area contributed by atoms with Crippen LogP contribution in [-0.2, 0) is 11.3 Å². The highest BCUT2D eigenvalue weighted by molar-refractivity contribution is 9.10. The van der Waals surface area contributed by atoms with Crippen LogP contribution in [0.4, 0.5) is 5.69 Å². The standard InChI is InChI=1S/C27H27BrN4O3/c1-29-13-21-20-12-27(15-30-20)25(31-21)26(33)32(22-5-3-4-6-24(22)35-27)14-19-18-9-8-17(28)11-16(18)7-10-23(19)34-2/h3-11,25,29-31H,12-15H2,1-2H3. The van der Waals surface area contributed by atoms with E-state index in [0.29, 0.717) is 31.8 Å². The van der Waals surface area contributed by atoms with Crippen molar-refractivity contribution in [3.8, 4) is 11.5 Å². The Bertz CT molecular complexity index is 1370. The summed E-state index contributed by atoms with van der Waals surface area (Å²) in [4.78, 5) is 16.2. The summed E-state index contributed by atoms with van der Waals surface area (Å²) in [5.41, 5.74) is 3.17. The fourth-order valence-electron chi connectivity index (χ4n) is 5.52. The van der Waals surface area contributed by atoms with Crippen molar-refractivity contribution in [2.45, 2.75) is 24.6 Å². The first-order valence-corrected chi connectivity index (χ1v) is 12.5. The van der Waals surface area contributed by atoms with Gasteiger partial charge >= 0.3 is 0 Å². The third-order valence-electron chi connectivity index (χ3n) is 7.21. The Morgan fingerprint density at radius 3 is 2.91 bits per heavy atom. The first kappa shape index (κ1) is 22.2. The molecule has 0 aliphatic carbocycles. The molecule has 0 radical (unpaired) electrons. The van der Waals surface area contributed by atoms with Crippen LogP contribution < -0.4 is 30.3 Å². The summed E-state index contributed by atoms with van der Waals surface area (Å²) in [5.74, 6) is 1.46. The van der Waals surface area contributed by atoms with Crippen molar-refractivity contribution in [2.75, 3.05) is 32.1 Å². The van der Waals surface area contributed by atoms with Gasteiger partial charge in [0.2, 0.25) is 0 Å². The average Bonchev–Trinajstić information content (AvgIpc) is 3.19. The number of para-hydroxylation sites is 2. The highest BCUT2D eigenvalue weighted by Crippen LogP contribution is 2.44. The van der Waals surface area contributed by atoms with Crippen molar-refractivity contribution in [3.63, 3.8) is 0 Å². The van der Waals surface area contributed by atoms with E-state index in [4.69, 9.17) is 9.47 Å². The second-order valence-electron chi connectivity index (χ2n) is 9.27. The summed E-state index contributed by atoms with van der Waals surface area (Å²) < 4.78 is 13.5. The normalized spacial score (nSPS) is 22.7. The predicted octanol–water partition coefficient (Wildman–Crippen LogP) is 3.67. The molecule has 6 rings (SSSR count). The van der Waals surface area contributed by atoms with E-state index in [-0.39, 0.29) is 5.91 Å². The lowest BCUT2D eigenvalue weighted by atomic mass is 9.87. The van der Waals surface area contributed by atoms with Crippen LogP contribution in [0.15, 0.2) is 70.5 Å². The molecule has 3 aromatic carbocycles. The highest BCUT2D eigenvalue weighted by atomic mass is 79.9. The van der Waals surface area contributed by atoms with Crippen LogP contribution in [0, 0.1) is 0 Å². The number of benzene rings is 3. The lowest BCUT2D eigenvalue weighted by Gasteiger charge is -2.38. The molecule has 1 spiro atoms. The smallest absolute Gasteiger partial charge is 0.254 e. The zero-order valence-electron chi connectivity index (χ0n) is 19.7. The Balaban J connectivity index is 1.48. The van der Waals surface area contributed by atoms with Gasteiger partial charge in [0.1, 0.15) is 17.5 Å². The third kappa shape index (κ3) is 3.54. The van der Waals surface area contributed by atoms with E-state index in [1.54, 1.807) is 7.11 Å². The largest absolute Gasteiger partial charge is 0.496 e. The van der Waals surface area contributed by atoms with Gasteiger partial charge in [0, 0.05) is 34.4 Å². The minimum absolute atomic E-state index is 0.0116. The van der Waals surface area contributed by atoms with Gasteiger partial charge in [0.25, 0.3) is 5.91 Å². The van der Waals surface area contributed by atoms with E-state index < -0.39 is 11.6 Å². The molecule has 2 atom stereocenters. The van der Waals surface area contributed by atoms with Gasteiger partial charge in [0.15, 0.2) is 5.60 Å². The number of anilines is 1. The number of ether oxygens (including phenoxy) is 2. The molecule has 8 heteroatoms. The second kappa shape index (κ2) is 8.46. The molecule has 1 fully saturated rings. The Hall–Kier alpha value is -3.23. The number of amides is 1. The predicted molar refractivity (Wildman–Crippen MR) is 140 cm³/mol. The molecule has 180 valence electrons. The van der Waals surface area contributed by atoms with E-state index in [1.807, 2.05) is 54.4 Å². The lowest BCUT2D eigenvalue weighted by Crippen LogP contribution is -2.62. The molecule has 7 nitrogen and oxygen atoms in total. The number of nitrogens with one attached hydrogen (secondary N) is 3. The zero-order valence-corrected chi connectivity index (χ0v) is 21.2. The first-order chi connectivity index (χ1) is 17.0. The van der Waals surface area contributed by atoms with Gasteiger partial charge in [-0.25, -0.2) is 0 Å². The van der Waals surface area contributed by atoms with Crippen molar-refractivity contribution in [1.82, 2.24) is 16.0 Å². The summed E-state index contributed by atoms with van der Waals surface area (Å²) in [7, 11) is 3.58. The quantitative estimate of drug-likeness (QED) is 0.463. The molecule has 1 saturated heterocycles. The van der Waals surface area contributed by atoms with Crippen molar-refractivity contribution < 1.29 is 14.3 Å². The van der Waals surface area contributed by atoms with Crippen LogP contribution in [0.1, 0.15) is 12.0 Å². The van der Waals surface area contributed by atoms with Crippen molar-refractivity contribution in [1.29, 1.82) is 0 Å². The minimum Gasteiger partial charge on any atom is -0.496 e. The van der Waals surface area contributed by atoms with Crippen molar-refractivity contribution in [2.24, 2.45) is 0 Å². The maximum absolute atomic E-state index is 14.3. The van der Waals surface area contributed by atoms with Crippen LogP contribution in [0.25, 0.3) is 10.8 Å². The highest BCUT2D eigenvalue weighted by Gasteiger charge is 2.56. The molecule has 2 unspecified atom stereocenters. The van der Waals surface area contributed by atoms with Gasteiger partial charge in [-0.1, -0.05) is 40.2 Å². The fourth-order valence-corrected chi connectivity index (χ4v) is 5.90. The zero-order chi connectivity index (χ0) is 24.2. The van der Waals surface area contributed by atoms with E-state index in [0.717, 1.165) is 43.6 Å². The number of nitrogens with zero attached hydrogens (tertiary/aromatic N) is 1. The average molecular weight is 535 g/mol. The van der Waals surface area contributed by atoms with E-state index in [2.05, 4.69) is 44.0 Å². The molecule has 0 saturated carbocycles. The molecule has 3 N–H and O–H groups in total. The minimum atomic E-state index is -0.678. The molecule has 35 heavy (non-hydrogen) atoms. The van der Waals surface area contributed by atoms with E-state index in [1.165, 1.54) is 0 Å². The number of methoxy groups -OCH3 is 1. The summed E-state index contributed by atoms with van der Waals surface area (Å²) in [5, 5.41) is 12.4. The van der Waals surface area contributed by atoms with Gasteiger partial charge in [-0.05, 0) is 48.2 Å². The Kier molecular flexibility index (Phi) is 5.38. The maximum Gasteiger partial charge on any atom is 0.254 e. The van der Waals surface area contributed by atoms with Crippen LogP contribution in [-0.4, -0.2) is 44.8 Å². The van der Waals surface area contributed by atoms with Gasteiger partial charge in [-0.3, -0.25) is 4.79 Å². The summed E-state index contributed by atoms with van der Waals surface area (Å²) in [6.45, 7) is 1.59. The molecular weight excluding hydrogens is 508 g/mol. The number of fused-ring (bicyclic) bond motifs is 3. The number of likely N-dealkylation sites (N-methyl/N-ethyl adjacent to an activating group) is 1. The molecule has 0 aromatic heterocycles. The number of hydrogen-bond donors (Lipinski definition) is 3. The van der Waals surface area contributed by atoms with Crippen LogP contribution in [0.2, 0.25) is 0 Å². The summed E-state index contributed by atoms with van der Waals surface area (Å²) in [6, 6.07) is 17.5. The Morgan fingerprint density at radius 2 is 2.09 bits per heavy atom. The van der Waals surface area contributed by atoms with Gasteiger partial charge < -0.3 is 30.3 Å². The Morgan fingerprint density at radius 1 is 1.23 bits per heavy atom. The molecule has 3 aromatic rings. The van der Waals surface area contributed by atoms with Crippen LogP contribution in [0.5, 0.6) is 11.5 Å². The molecule has 3 aliphatic heterocycles. The summed E-state index contributed by atoms with van der Waals surface area (Å²) in [6.07, 6.45) is 0.668. The number of halogens is 1. The lowest BCUT2D eigenvalue weighted by molar-refractivity contribution is -0.124. The first-order valence-electron chi connectivity index (χ1n) is 11.7. The van der Waals surface area contributed by atoms with Crippen molar-refractivity contribution in [3.05, 3.63) is 76.0 Å². The molecule has 1 amide bonds. The third-order valence-corrected chi connectivity index (χ3v) is 7.70.